The maximum atomic E-state index is 12.2. The van der Waals surface area contributed by atoms with Crippen LogP contribution in [0.15, 0.2) is 52.1 Å². The van der Waals surface area contributed by atoms with E-state index < -0.39 is 12.8 Å². The van der Waals surface area contributed by atoms with Crippen molar-refractivity contribution in [2.75, 3.05) is 20.2 Å². The first kappa shape index (κ1) is 24.5. The van der Waals surface area contributed by atoms with Crippen LogP contribution in [0.3, 0.4) is 0 Å². The molecule has 0 saturated heterocycles. The number of aliphatic imine (C=N–C) groups is 1. The quantitative estimate of drug-likeness (QED) is 0.226. The highest BCUT2D eigenvalue weighted by Crippen LogP contribution is 2.19. The number of benzene rings is 1. The van der Waals surface area contributed by atoms with Gasteiger partial charge in [-0.1, -0.05) is 12.1 Å². The molecule has 0 fully saturated rings. The zero-order valence-electron chi connectivity index (χ0n) is 16.6. The number of halogens is 4. The molecule has 2 aromatic heterocycles. The van der Waals surface area contributed by atoms with Crippen LogP contribution in [0.2, 0.25) is 0 Å². The SMILES string of the molecule is CN=C(NCCc1nc(-c2ccco2)n[nH]1)NCc1ccc(OCC(F)(F)F)cc1.I. The number of nitrogens with one attached hydrogen (secondary N) is 3. The summed E-state index contributed by atoms with van der Waals surface area (Å²) in [6.07, 6.45) is -2.20. The number of rotatable bonds is 8. The molecule has 0 saturated carbocycles. The lowest BCUT2D eigenvalue weighted by Crippen LogP contribution is -2.37. The van der Waals surface area contributed by atoms with Gasteiger partial charge in [0.2, 0.25) is 5.82 Å². The van der Waals surface area contributed by atoms with E-state index in [1.807, 2.05) is 0 Å². The highest BCUT2D eigenvalue weighted by atomic mass is 127. The van der Waals surface area contributed by atoms with Gasteiger partial charge in [-0.2, -0.15) is 18.3 Å². The molecule has 8 nitrogen and oxygen atoms in total. The first-order chi connectivity index (χ1) is 14.4. The van der Waals surface area contributed by atoms with Gasteiger partial charge < -0.3 is 19.8 Å². The van der Waals surface area contributed by atoms with Crippen molar-refractivity contribution in [1.29, 1.82) is 0 Å². The van der Waals surface area contributed by atoms with Crippen LogP contribution in [0.1, 0.15) is 11.4 Å². The Morgan fingerprint density at radius 1 is 1.19 bits per heavy atom. The van der Waals surface area contributed by atoms with E-state index in [-0.39, 0.29) is 29.7 Å². The van der Waals surface area contributed by atoms with E-state index in [1.165, 1.54) is 12.1 Å². The van der Waals surface area contributed by atoms with E-state index in [9.17, 15) is 13.2 Å². The van der Waals surface area contributed by atoms with Crippen LogP contribution in [-0.4, -0.2) is 47.5 Å². The molecule has 168 valence electrons. The van der Waals surface area contributed by atoms with Crippen molar-refractivity contribution < 1.29 is 22.3 Å². The summed E-state index contributed by atoms with van der Waals surface area (Å²) in [5.41, 5.74) is 0.871. The summed E-state index contributed by atoms with van der Waals surface area (Å²) in [5, 5.41) is 13.3. The van der Waals surface area contributed by atoms with E-state index in [2.05, 4.69) is 30.8 Å². The summed E-state index contributed by atoms with van der Waals surface area (Å²) < 4.78 is 46.5. The monoisotopic (exact) mass is 550 g/mol. The van der Waals surface area contributed by atoms with Crippen LogP contribution >= 0.6 is 24.0 Å². The van der Waals surface area contributed by atoms with Crippen LogP contribution in [0.4, 0.5) is 13.2 Å². The lowest BCUT2D eigenvalue weighted by molar-refractivity contribution is -0.153. The highest BCUT2D eigenvalue weighted by Gasteiger charge is 2.28. The molecule has 0 amide bonds. The first-order valence-electron chi connectivity index (χ1n) is 9.11. The molecule has 3 aromatic rings. The standard InChI is InChI=1S/C19H21F3N6O2.HI/c1-23-18(24-9-8-16-26-17(28-27-16)15-3-2-10-29-15)25-11-13-4-6-14(7-5-13)30-12-19(20,21)22;/h2-7,10H,8-9,11-12H2,1H3,(H2,23,24,25)(H,26,27,28);1H. The number of furan rings is 1. The Morgan fingerprint density at radius 2 is 1.97 bits per heavy atom. The van der Waals surface area contributed by atoms with E-state index in [0.717, 1.165) is 5.56 Å². The molecule has 0 atom stereocenters. The average Bonchev–Trinajstić information content (AvgIpc) is 3.41. The van der Waals surface area contributed by atoms with Crippen LogP contribution in [0.25, 0.3) is 11.6 Å². The number of nitrogens with zero attached hydrogens (tertiary/aromatic N) is 3. The maximum absolute atomic E-state index is 12.2. The van der Waals surface area contributed by atoms with Crippen molar-refractivity contribution in [3.8, 4) is 17.3 Å². The van der Waals surface area contributed by atoms with Crippen molar-refractivity contribution in [2.45, 2.75) is 19.1 Å². The lowest BCUT2D eigenvalue weighted by Gasteiger charge is -2.12. The van der Waals surface area contributed by atoms with Gasteiger partial charge in [0.25, 0.3) is 0 Å². The van der Waals surface area contributed by atoms with Gasteiger partial charge in [-0.15, -0.1) is 24.0 Å². The fourth-order valence-corrected chi connectivity index (χ4v) is 2.50. The molecule has 0 aliphatic rings. The van der Waals surface area contributed by atoms with E-state index in [4.69, 9.17) is 9.15 Å². The minimum absolute atomic E-state index is 0. The molecule has 0 unspecified atom stereocenters. The Balaban J connectivity index is 0.00000341. The summed E-state index contributed by atoms with van der Waals surface area (Å²) >= 11 is 0. The largest absolute Gasteiger partial charge is 0.484 e. The first-order valence-corrected chi connectivity index (χ1v) is 9.11. The molecule has 31 heavy (non-hydrogen) atoms. The number of alkyl halides is 3. The summed E-state index contributed by atoms with van der Waals surface area (Å²) in [4.78, 5) is 8.50. The van der Waals surface area contributed by atoms with E-state index >= 15 is 0 Å². The molecule has 0 bridgehead atoms. The molecular formula is C19H22F3IN6O2. The second kappa shape index (κ2) is 11.6. The predicted octanol–water partition coefficient (Wildman–Crippen LogP) is 3.53. The molecule has 1 aromatic carbocycles. The Morgan fingerprint density at radius 3 is 2.61 bits per heavy atom. The number of ether oxygens (including phenoxy) is 1. The average molecular weight is 550 g/mol. The topological polar surface area (TPSA) is 100 Å². The molecule has 3 N–H and O–H groups in total. The van der Waals surface area contributed by atoms with Crippen LogP contribution in [0.5, 0.6) is 5.75 Å². The predicted molar refractivity (Wildman–Crippen MR) is 119 cm³/mol. The minimum atomic E-state index is -4.36. The fraction of sp³-hybridized carbons (Fsp3) is 0.316. The molecule has 0 radical (unpaired) electrons. The Kier molecular flexibility index (Phi) is 9.15. The smallest absolute Gasteiger partial charge is 0.422 e. The molecule has 0 aliphatic carbocycles. The minimum Gasteiger partial charge on any atom is -0.484 e. The third-order valence-electron chi connectivity index (χ3n) is 3.94. The van der Waals surface area contributed by atoms with Crippen LogP contribution < -0.4 is 15.4 Å². The number of aromatic nitrogens is 3. The number of hydrogen-bond donors (Lipinski definition) is 3. The number of guanidine groups is 1. The molecule has 0 aliphatic heterocycles. The van der Waals surface area contributed by atoms with Gasteiger partial charge in [0.15, 0.2) is 18.3 Å². The van der Waals surface area contributed by atoms with Gasteiger partial charge in [0.1, 0.15) is 11.6 Å². The zero-order chi connectivity index (χ0) is 21.4. The maximum Gasteiger partial charge on any atom is 0.422 e. The van der Waals surface area contributed by atoms with Gasteiger partial charge in [-0.3, -0.25) is 10.1 Å². The number of aromatic amines is 1. The molecule has 0 spiro atoms. The van der Waals surface area contributed by atoms with Gasteiger partial charge in [-0.25, -0.2) is 4.98 Å². The normalized spacial score (nSPS) is 11.7. The van der Waals surface area contributed by atoms with Crippen LogP contribution in [0, 0.1) is 0 Å². The number of H-pyrrole nitrogens is 1. The molecule has 3 rings (SSSR count). The van der Waals surface area contributed by atoms with Crippen molar-refractivity contribution in [2.24, 2.45) is 4.99 Å². The number of hydrogen-bond acceptors (Lipinski definition) is 5. The summed E-state index contributed by atoms with van der Waals surface area (Å²) in [5.74, 6) is 2.55. The Bertz CT molecular complexity index is 942. The van der Waals surface area contributed by atoms with E-state index in [0.29, 0.717) is 42.9 Å². The van der Waals surface area contributed by atoms with Crippen molar-refractivity contribution in [1.82, 2.24) is 25.8 Å². The van der Waals surface area contributed by atoms with Crippen molar-refractivity contribution >= 4 is 29.9 Å². The van der Waals surface area contributed by atoms with E-state index in [1.54, 1.807) is 37.6 Å². The highest BCUT2D eigenvalue weighted by molar-refractivity contribution is 14.0. The summed E-state index contributed by atoms with van der Waals surface area (Å²) in [6, 6.07) is 9.93. The lowest BCUT2D eigenvalue weighted by atomic mass is 10.2. The van der Waals surface area contributed by atoms with Crippen LogP contribution in [-0.2, 0) is 13.0 Å². The molecule has 2 heterocycles. The molecule has 12 heteroatoms. The second-order valence-electron chi connectivity index (χ2n) is 6.23. The molecular weight excluding hydrogens is 528 g/mol. The Labute approximate surface area is 193 Å². The summed E-state index contributed by atoms with van der Waals surface area (Å²) in [7, 11) is 1.65. The van der Waals surface area contributed by atoms with Gasteiger partial charge in [0.05, 0.1) is 6.26 Å². The second-order valence-corrected chi connectivity index (χ2v) is 6.23. The zero-order valence-corrected chi connectivity index (χ0v) is 18.9. The van der Waals surface area contributed by atoms with Crippen molar-refractivity contribution in [3.05, 3.63) is 54.0 Å². The van der Waals surface area contributed by atoms with Gasteiger partial charge in [-0.05, 0) is 29.8 Å². The third-order valence-corrected chi connectivity index (χ3v) is 3.94. The summed E-state index contributed by atoms with van der Waals surface area (Å²) in [6.45, 7) is -0.295. The third kappa shape index (κ3) is 8.11. The van der Waals surface area contributed by atoms with Gasteiger partial charge >= 0.3 is 6.18 Å². The van der Waals surface area contributed by atoms with Gasteiger partial charge in [0, 0.05) is 26.6 Å². The van der Waals surface area contributed by atoms with Crippen molar-refractivity contribution in [3.63, 3.8) is 0 Å². The fourth-order valence-electron chi connectivity index (χ4n) is 2.50. The Hall–Kier alpha value is -2.77.